The fourth-order valence-corrected chi connectivity index (χ4v) is 4.92. The van der Waals surface area contributed by atoms with Crippen LogP contribution in [0, 0.1) is 5.92 Å². The molecule has 1 aliphatic carbocycles. The number of hydrogen-bond donors (Lipinski definition) is 1. The number of amides is 1. The summed E-state index contributed by atoms with van der Waals surface area (Å²) in [6, 6.07) is 6.26. The topological polar surface area (TPSA) is 53.9 Å². The number of likely N-dealkylation sites (tertiary alicyclic amines) is 1. The van der Waals surface area contributed by atoms with Gasteiger partial charge in [0.2, 0.25) is 5.91 Å². The van der Waals surface area contributed by atoms with E-state index in [1.165, 1.54) is 50.5 Å². The van der Waals surface area contributed by atoms with E-state index in [0.717, 1.165) is 55.4 Å². The summed E-state index contributed by atoms with van der Waals surface area (Å²) in [6.45, 7) is 10.6. The molecule has 0 atom stereocenters. The Balaban J connectivity index is 1.64. The molecule has 3 rings (SSSR count). The molecule has 0 spiro atoms. The standard InChI is InChI=1S/C28H41N3O2/c1-3-10-24(20-29-21-28(32)30-16-15-23-11-6-7-12-23)27-14-13-26(33-4-2)19-25(27)22-31-17-8-5-9-18-31/h3,10,13-14,19-20,23H,1,4-9,11-12,15-18,21-22H2,2H3,(H,30,32)/b24-10+,29-20?. The van der Waals surface area contributed by atoms with Gasteiger partial charge in [0.25, 0.3) is 0 Å². The first-order chi connectivity index (χ1) is 16.2. The summed E-state index contributed by atoms with van der Waals surface area (Å²) in [6.07, 6.45) is 15.8. The average Bonchev–Trinajstić information content (AvgIpc) is 3.33. The lowest BCUT2D eigenvalue weighted by molar-refractivity contribution is -0.119. The van der Waals surface area contributed by atoms with Crippen LogP contribution in [-0.4, -0.2) is 49.8 Å². The van der Waals surface area contributed by atoms with E-state index in [0.29, 0.717) is 6.61 Å². The van der Waals surface area contributed by atoms with Crippen LogP contribution in [0.3, 0.4) is 0 Å². The van der Waals surface area contributed by atoms with Crippen LogP contribution >= 0.6 is 0 Å². The summed E-state index contributed by atoms with van der Waals surface area (Å²) in [7, 11) is 0. The molecule has 0 unspecified atom stereocenters. The molecule has 1 saturated carbocycles. The van der Waals surface area contributed by atoms with Crippen LogP contribution in [0.25, 0.3) is 5.57 Å². The molecule has 1 aromatic rings. The third kappa shape index (κ3) is 8.47. The fraction of sp³-hybridized carbons (Fsp3) is 0.571. The Labute approximate surface area is 200 Å². The first-order valence-electron chi connectivity index (χ1n) is 12.8. The number of rotatable bonds is 12. The number of ether oxygens (including phenoxy) is 1. The molecule has 1 aromatic carbocycles. The number of hydrogen-bond acceptors (Lipinski definition) is 4. The summed E-state index contributed by atoms with van der Waals surface area (Å²) >= 11 is 0. The third-order valence-corrected chi connectivity index (χ3v) is 6.65. The predicted molar refractivity (Wildman–Crippen MR) is 138 cm³/mol. The van der Waals surface area contributed by atoms with Gasteiger partial charge in [-0.3, -0.25) is 14.7 Å². The minimum Gasteiger partial charge on any atom is -0.494 e. The molecule has 0 bridgehead atoms. The van der Waals surface area contributed by atoms with Gasteiger partial charge in [-0.2, -0.15) is 0 Å². The Morgan fingerprint density at radius 1 is 1.21 bits per heavy atom. The maximum Gasteiger partial charge on any atom is 0.241 e. The largest absolute Gasteiger partial charge is 0.494 e. The van der Waals surface area contributed by atoms with Crippen LogP contribution < -0.4 is 10.1 Å². The Kier molecular flexibility index (Phi) is 10.7. The van der Waals surface area contributed by atoms with Crippen LogP contribution in [0.2, 0.25) is 0 Å². The minimum absolute atomic E-state index is 0.0116. The second kappa shape index (κ2) is 14.0. The third-order valence-electron chi connectivity index (χ3n) is 6.65. The quantitative estimate of drug-likeness (QED) is 0.342. The van der Waals surface area contributed by atoms with E-state index < -0.39 is 0 Å². The van der Waals surface area contributed by atoms with Gasteiger partial charge in [0.1, 0.15) is 12.3 Å². The van der Waals surface area contributed by atoms with E-state index in [1.807, 2.05) is 25.3 Å². The van der Waals surface area contributed by atoms with Crippen molar-refractivity contribution in [3.05, 3.63) is 48.1 Å². The monoisotopic (exact) mass is 451 g/mol. The van der Waals surface area contributed by atoms with Gasteiger partial charge < -0.3 is 10.1 Å². The molecule has 1 N–H and O–H groups in total. The SMILES string of the molecule is C=C/C=C(\C=NCC(=O)NCCC1CCCC1)c1ccc(OCC)cc1CN1CCCCC1. The lowest BCUT2D eigenvalue weighted by Crippen LogP contribution is -2.29. The molecular formula is C28H41N3O2. The Morgan fingerprint density at radius 3 is 2.73 bits per heavy atom. The summed E-state index contributed by atoms with van der Waals surface area (Å²) in [5, 5.41) is 3.03. The molecular weight excluding hydrogens is 410 g/mol. The lowest BCUT2D eigenvalue weighted by Gasteiger charge is -2.27. The summed E-state index contributed by atoms with van der Waals surface area (Å²) in [5.41, 5.74) is 3.32. The van der Waals surface area contributed by atoms with Crippen molar-refractivity contribution in [1.29, 1.82) is 0 Å². The van der Waals surface area contributed by atoms with Crippen molar-refractivity contribution >= 4 is 17.7 Å². The highest BCUT2D eigenvalue weighted by atomic mass is 16.5. The molecule has 180 valence electrons. The van der Waals surface area contributed by atoms with Crippen LogP contribution in [0.5, 0.6) is 5.75 Å². The highest BCUT2D eigenvalue weighted by Gasteiger charge is 2.16. The average molecular weight is 452 g/mol. The van der Waals surface area contributed by atoms with Crippen LogP contribution in [0.1, 0.15) is 69.4 Å². The molecule has 1 amide bonds. The maximum atomic E-state index is 12.3. The number of benzene rings is 1. The van der Waals surface area contributed by atoms with E-state index in [2.05, 4.69) is 33.9 Å². The highest BCUT2D eigenvalue weighted by molar-refractivity contribution is 6.11. The molecule has 33 heavy (non-hydrogen) atoms. The Hall–Kier alpha value is -2.40. The van der Waals surface area contributed by atoms with Crippen molar-refractivity contribution in [3.8, 4) is 5.75 Å². The maximum absolute atomic E-state index is 12.3. The molecule has 5 heteroatoms. The second-order valence-corrected chi connectivity index (χ2v) is 9.21. The van der Waals surface area contributed by atoms with Gasteiger partial charge in [0.15, 0.2) is 0 Å². The van der Waals surface area contributed by atoms with Gasteiger partial charge >= 0.3 is 0 Å². The first kappa shape index (κ1) is 25.2. The van der Waals surface area contributed by atoms with Crippen molar-refractivity contribution in [2.24, 2.45) is 10.9 Å². The molecule has 2 fully saturated rings. The molecule has 0 radical (unpaired) electrons. The van der Waals surface area contributed by atoms with E-state index in [-0.39, 0.29) is 12.5 Å². The number of aliphatic imine (C=N–C) groups is 1. The molecule has 5 nitrogen and oxygen atoms in total. The van der Waals surface area contributed by atoms with Crippen molar-refractivity contribution in [3.63, 3.8) is 0 Å². The fourth-order valence-electron chi connectivity index (χ4n) is 4.92. The van der Waals surface area contributed by atoms with Gasteiger partial charge in [0.05, 0.1) is 6.61 Å². The predicted octanol–water partition coefficient (Wildman–Crippen LogP) is 5.41. The van der Waals surface area contributed by atoms with Gasteiger partial charge in [0, 0.05) is 19.3 Å². The zero-order valence-corrected chi connectivity index (χ0v) is 20.4. The highest BCUT2D eigenvalue weighted by Crippen LogP contribution is 2.27. The number of carbonyl (C=O) groups is 1. The molecule has 1 saturated heterocycles. The van der Waals surface area contributed by atoms with E-state index in [4.69, 9.17) is 4.74 Å². The van der Waals surface area contributed by atoms with Gasteiger partial charge in [-0.25, -0.2) is 0 Å². The number of piperidine rings is 1. The lowest BCUT2D eigenvalue weighted by atomic mass is 9.98. The molecule has 2 aliphatic rings. The number of nitrogens with one attached hydrogen (secondary N) is 1. The van der Waals surface area contributed by atoms with Gasteiger partial charge in [-0.05, 0) is 74.0 Å². The van der Waals surface area contributed by atoms with Crippen molar-refractivity contribution in [2.75, 3.05) is 32.8 Å². The van der Waals surface area contributed by atoms with E-state index in [9.17, 15) is 4.79 Å². The van der Waals surface area contributed by atoms with Crippen molar-refractivity contribution in [1.82, 2.24) is 10.2 Å². The van der Waals surface area contributed by atoms with Gasteiger partial charge in [-0.15, -0.1) is 0 Å². The number of carbonyl (C=O) groups excluding carboxylic acids is 1. The van der Waals surface area contributed by atoms with E-state index in [1.54, 1.807) is 6.08 Å². The summed E-state index contributed by atoms with van der Waals surface area (Å²) < 4.78 is 5.77. The van der Waals surface area contributed by atoms with Crippen LogP contribution in [0.15, 0.2) is 41.9 Å². The minimum atomic E-state index is -0.0116. The van der Waals surface area contributed by atoms with Crippen LogP contribution in [0.4, 0.5) is 0 Å². The number of allylic oxidation sites excluding steroid dienone is 3. The van der Waals surface area contributed by atoms with E-state index >= 15 is 0 Å². The molecule has 1 heterocycles. The molecule has 1 aliphatic heterocycles. The Morgan fingerprint density at radius 2 is 2.00 bits per heavy atom. The number of nitrogens with zero attached hydrogens (tertiary/aromatic N) is 2. The molecule has 0 aromatic heterocycles. The zero-order valence-electron chi connectivity index (χ0n) is 20.4. The van der Waals surface area contributed by atoms with Gasteiger partial charge in [-0.1, -0.05) is 56.9 Å². The smallest absolute Gasteiger partial charge is 0.241 e. The normalized spacial score (nSPS) is 18.0. The van der Waals surface area contributed by atoms with Crippen molar-refractivity contribution < 1.29 is 9.53 Å². The zero-order chi connectivity index (χ0) is 23.3. The van der Waals surface area contributed by atoms with Crippen molar-refractivity contribution in [2.45, 2.75) is 64.8 Å². The summed E-state index contributed by atoms with van der Waals surface area (Å²) in [4.78, 5) is 19.2. The second-order valence-electron chi connectivity index (χ2n) is 9.21. The summed E-state index contributed by atoms with van der Waals surface area (Å²) in [5.74, 6) is 1.67. The van der Waals surface area contributed by atoms with Crippen LogP contribution in [-0.2, 0) is 11.3 Å². The first-order valence-corrected chi connectivity index (χ1v) is 12.8. The Bertz CT molecular complexity index is 818.